The van der Waals surface area contributed by atoms with Crippen LogP contribution in [0.15, 0.2) is 5.16 Å². The second-order valence-corrected chi connectivity index (χ2v) is 5.59. The summed E-state index contributed by atoms with van der Waals surface area (Å²) in [4.78, 5) is 0. The molecule has 0 spiro atoms. The van der Waals surface area contributed by atoms with E-state index in [0.29, 0.717) is 23.9 Å². The second-order valence-electron chi connectivity index (χ2n) is 4.64. The molecule has 128 valence electrons. The summed E-state index contributed by atoms with van der Waals surface area (Å²) in [5, 5.41) is 8.13. The molecule has 0 bridgehead atoms. The van der Waals surface area contributed by atoms with Gasteiger partial charge in [-0.25, -0.2) is 17.6 Å². The number of halogens is 5. The lowest BCUT2D eigenvalue weighted by Gasteiger charge is -2.09. The molecule has 0 radical (unpaired) electrons. The predicted molar refractivity (Wildman–Crippen MR) is 81.6 cm³/mol. The molecule has 0 aliphatic carbocycles. The van der Waals surface area contributed by atoms with E-state index >= 15 is 0 Å². The van der Waals surface area contributed by atoms with E-state index in [0.717, 1.165) is 18.7 Å². The number of thioether (sulfide) groups is 1. The van der Waals surface area contributed by atoms with Crippen molar-refractivity contribution < 1.29 is 17.6 Å². The highest BCUT2D eigenvalue weighted by Crippen LogP contribution is 2.29. The molecule has 10 heteroatoms. The quantitative estimate of drug-likeness (QED) is 0.499. The molecule has 1 aromatic carbocycles. The van der Waals surface area contributed by atoms with Crippen molar-refractivity contribution in [1.82, 2.24) is 14.8 Å². The first-order valence-corrected chi connectivity index (χ1v) is 7.39. The van der Waals surface area contributed by atoms with Crippen molar-refractivity contribution in [2.75, 3.05) is 6.54 Å². The highest BCUT2D eigenvalue weighted by atomic mass is 35.5. The number of hydrogen-bond donors (Lipinski definition) is 1. The first-order chi connectivity index (χ1) is 10.4. The average molecular weight is 371 g/mol. The van der Waals surface area contributed by atoms with Gasteiger partial charge in [-0.1, -0.05) is 11.8 Å². The number of rotatable bonds is 5. The van der Waals surface area contributed by atoms with Gasteiger partial charge >= 0.3 is 0 Å². The summed E-state index contributed by atoms with van der Waals surface area (Å²) in [7, 11) is 1.68. The molecule has 0 atom stereocenters. The molecular weight excluding hydrogens is 356 g/mol. The molecule has 0 fully saturated rings. The third kappa shape index (κ3) is 3.78. The zero-order valence-electron chi connectivity index (χ0n) is 12.4. The lowest BCUT2D eigenvalue weighted by molar-refractivity contribution is 0.435. The van der Waals surface area contributed by atoms with E-state index in [1.54, 1.807) is 11.6 Å². The molecule has 0 aliphatic rings. The highest BCUT2D eigenvalue weighted by Gasteiger charge is 2.23. The van der Waals surface area contributed by atoms with Crippen molar-refractivity contribution in [3.05, 3.63) is 40.2 Å². The van der Waals surface area contributed by atoms with Gasteiger partial charge in [0, 0.05) is 30.3 Å². The van der Waals surface area contributed by atoms with E-state index in [4.69, 9.17) is 5.73 Å². The third-order valence-electron chi connectivity index (χ3n) is 3.21. The lowest BCUT2D eigenvalue weighted by Crippen LogP contribution is -2.08. The Hall–Kier alpha value is -1.32. The van der Waals surface area contributed by atoms with Gasteiger partial charge in [-0.2, -0.15) is 0 Å². The van der Waals surface area contributed by atoms with Crippen molar-refractivity contribution in [2.45, 2.75) is 24.3 Å². The SMILES string of the molecule is Cc1c(F)c(F)c(CSc2nnc(CCN)n2C)c(F)c1F.Cl. The summed E-state index contributed by atoms with van der Waals surface area (Å²) in [6.45, 7) is 1.36. The van der Waals surface area contributed by atoms with Crippen LogP contribution in [-0.2, 0) is 19.2 Å². The van der Waals surface area contributed by atoms with Gasteiger partial charge < -0.3 is 10.3 Å². The summed E-state index contributed by atoms with van der Waals surface area (Å²) in [5.74, 6) is -5.21. The van der Waals surface area contributed by atoms with Crippen LogP contribution in [-0.4, -0.2) is 21.3 Å². The number of nitrogens with two attached hydrogens (primary N) is 1. The van der Waals surface area contributed by atoms with Gasteiger partial charge in [0.2, 0.25) is 0 Å². The largest absolute Gasteiger partial charge is 0.330 e. The Bertz CT molecular complexity index is 679. The van der Waals surface area contributed by atoms with Crippen molar-refractivity contribution in [1.29, 1.82) is 0 Å². The normalized spacial score (nSPS) is 10.7. The molecule has 1 heterocycles. The summed E-state index contributed by atoms with van der Waals surface area (Å²) in [6.07, 6.45) is 0.501. The Balaban J connectivity index is 0.00000264. The van der Waals surface area contributed by atoms with E-state index in [1.165, 1.54) is 0 Å². The standard InChI is InChI=1S/C13H14F4N4S.ClH/c1-6-9(14)11(16)7(12(17)10(6)15)5-22-13-20-19-8(3-4-18)21(13)2;/h3-5,18H2,1-2H3;1H. The van der Waals surface area contributed by atoms with Crippen LogP contribution in [0.4, 0.5) is 17.6 Å². The van der Waals surface area contributed by atoms with Gasteiger partial charge in [-0.15, -0.1) is 22.6 Å². The average Bonchev–Trinajstić information content (AvgIpc) is 2.84. The van der Waals surface area contributed by atoms with Gasteiger partial charge in [0.1, 0.15) is 5.82 Å². The van der Waals surface area contributed by atoms with E-state index in [1.807, 2.05) is 0 Å². The van der Waals surface area contributed by atoms with Gasteiger partial charge in [0.25, 0.3) is 0 Å². The maximum Gasteiger partial charge on any atom is 0.191 e. The van der Waals surface area contributed by atoms with Crippen LogP contribution in [0.2, 0.25) is 0 Å². The van der Waals surface area contributed by atoms with Crippen LogP contribution in [0.1, 0.15) is 17.0 Å². The topological polar surface area (TPSA) is 56.7 Å². The molecule has 0 saturated heterocycles. The predicted octanol–water partition coefficient (Wildman–Crippen LogP) is 2.90. The Labute approximate surface area is 140 Å². The Morgan fingerprint density at radius 2 is 1.61 bits per heavy atom. The number of nitrogens with zero attached hydrogens (tertiary/aromatic N) is 3. The minimum Gasteiger partial charge on any atom is -0.330 e. The molecule has 2 N–H and O–H groups in total. The third-order valence-corrected chi connectivity index (χ3v) is 4.26. The summed E-state index contributed by atoms with van der Waals surface area (Å²) in [6, 6.07) is 0. The summed E-state index contributed by atoms with van der Waals surface area (Å²) >= 11 is 0.934. The molecular formula is C13H15ClF4N4S. The summed E-state index contributed by atoms with van der Waals surface area (Å²) in [5.41, 5.74) is 4.09. The van der Waals surface area contributed by atoms with Crippen molar-refractivity contribution in [2.24, 2.45) is 12.8 Å². The van der Waals surface area contributed by atoms with Gasteiger partial charge in [0.15, 0.2) is 28.4 Å². The monoisotopic (exact) mass is 370 g/mol. The second kappa shape index (κ2) is 7.98. The van der Waals surface area contributed by atoms with E-state index in [2.05, 4.69) is 10.2 Å². The van der Waals surface area contributed by atoms with Crippen molar-refractivity contribution in [3.8, 4) is 0 Å². The fourth-order valence-corrected chi connectivity index (χ4v) is 2.79. The first-order valence-electron chi connectivity index (χ1n) is 6.41. The van der Waals surface area contributed by atoms with Crippen LogP contribution in [0.3, 0.4) is 0 Å². The smallest absolute Gasteiger partial charge is 0.191 e. The molecule has 0 aliphatic heterocycles. The van der Waals surface area contributed by atoms with Gasteiger partial charge in [-0.05, 0) is 13.5 Å². The zero-order chi connectivity index (χ0) is 16.4. The lowest BCUT2D eigenvalue weighted by atomic mass is 10.1. The van der Waals surface area contributed by atoms with E-state index < -0.39 is 34.4 Å². The maximum absolute atomic E-state index is 13.8. The first kappa shape index (κ1) is 19.7. The molecule has 0 amide bonds. The van der Waals surface area contributed by atoms with Crippen LogP contribution in [0.25, 0.3) is 0 Å². The number of aromatic nitrogens is 3. The summed E-state index contributed by atoms with van der Waals surface area (Å²) < 4.78 is 56.2. The zero-order valence-corrected chi connectivity index (χ0v) is 14.0. The Morgan fingerprint density at radius 1 is 1.04 bits per heavy atom. The Kier molecular flexibility index (Phi) is 6.84. The molecule has 0 unspecified atom stereocenters. The molecule has 1 aromatic heterocycles. The maximum atomic E-state index is 13.8. The molecule has 2 aromatic rings. The number of hydrogen-bond acceptors (Lipinski definition) is 4. The van der Waals surface area contributed by atoms with Gasteiger partial charge in [0.05, 0.1) is 0 Å². The van der Waals surface area contributed by atoms with Crippen LogP contribution < -0.4 is 5.73 Å². The van der Waals surface area contributed by atoms with E-state index in [-0.39, 0.29) is 18.2 Å². The van der Waals surface area contributed by atoms with Gasteiger partial charge in [-0.3, -0.25) is 0 Å². The molecule has 23 heavy (non-hydrogen) atoms. The number of benzene rings is 1. The van der Waals surface area contributed by atoms with Crippen LogP contribution in [0.5, 0.6) is 0 Å². The van der Waals surface area contributed by atoms with E-state index in [9.17, 15) is 17.6 Å². The van der Waals surface area contributed by atoms with Crippen LogP contribution in [0, 0.1) is 30.2 Å². The highest BCUT2D eigenvalue weighted by molar-refractivity contribution is 7.98. The van der Waals surface area contributed by atoms with Crippen molar-refractivity contribution in [3.63, 3.8) is 0 Å². The molecule has 2 rings (SSSR count). The fourth-order valence-electron chi connectivity index (χ4n) is 1.87. The molecule has 4 nitrogen and oxygen atoms in total. The minimum absolute atomic E-state index is 0. The minimum atomic E-state index is -1.38. The van der Waals surface area contributed by atoms with Crippen molar-refractivity contribution >= 4 is 24.2 Å². The van der Waals surface area contributed by atoms with Crippen LogP contribution >= 0.6 is 24.2 Å². The fraction of sp³-hybridized carbons (Fsp3) is 0.385. The molecule has 0 saturated carbocycles. The Morgan fingerprint density at radius 3 is 2.13 bits per heavy atom.